The summed E-state index contributed by atoms with van der Waals surface area (Å²) in [5.41, 5.74) is 6.31. The van der Waals surface area contributed by atoms with E-state index in [1.807, 2.05) is 42.5 Å². The molecular formula is C25H18N5OZn-. The summed E-state index contributed by atoms with van der Waals surface area (Å²) in [6, 6.07) is 27.2. The molecule has 5 aromatic rings. The summed E-state index contributed by atoms with van der Waals surface area (Å²) in [6.07, 6.45) is 1.40. The van der Waals surface area contributed by atoms with Crippen LogP contribution < -0.4 is 0 Å². The molecule has 0 N–H and O–H groups in total. The Morgan fingerprint density at radius 1 is 0.844 bits per heavy atom. The Kier molecular flexibility index (Phi) is 6.19. The van der Waals surface area contributed by atoms with Gasteiger partial charge >= 0.3 is 0 Å². The number of hydrogen-bond donors (Lipinski definition) is 0. The molecule has 0 aliphatic rings. The van der Waals surface area contributed by atoms with E-state index in [0.29, 0.717) is 22.6 Å². The van der Waals surface area contributed by atoms with Gasteiger partial charge in [-0.2, -0.15) is 0 Å². The molecule has 0 fully saturated rings. The van der Waals surface area contributed by atoms with Gasteiger partial charge in [0, 0.05) is 25.0 Å². The average molecular weight is 470 g/mol. The largest absolute Gasteiger partial charge is 0.620 e. The van der Waals surface area contributed by atoms with Crippen LogP contribution in [0.3, 0.4) is 0 Å². The number of aryl methyl sites for hydroxylation is 1. The van der Waals surface area contributed by atoms with Crippen LogP contribution in [0.2, 0.25) is 0 Å². The molecule has 0 aliphatic carbocycles. The van der Waals surface area contributed by atoms with Gasteiger partial charge in [0.15, 0.2) is 5.65 Å². The first-order chi connectivity index (χ1) is 15.2. The Morgan fingerprint density at radius 2 is 1.50 bits per heavy atom. The number of hydrogen-bond acceptors (Lipinski definition) is 4. The van der Waals surface area contributed by atoms with Crippen LogP contribution in [0.5, 0.6) is 0 Å². The number of fused-ring (bicyclic) bond motifs is 1. The molecule has 2 aromatic heterocycles. The SMILES string of the molecule is Cc1ccc(-c2ccc(C(=O)[N-]c3cc(-c4ccccc4)nn4ncnc34)cc2)cc1.[Zn]. The number of rotatable bonds is 4. The van der Waals surface area contributed by atoms with E-state index in [9.17, 15) is 4.79 Å². The van der Waals surface area contributed by atoms with Crippen LogP contribution >= 0.6 is 0 Å². The average Bonchev–Trinajstić information content (AvgIpc) is 3.29. The van der Waals surface area contributed by atoms with E-state index in [4.69, 9.17) is 0 Å². The van der Waals surface area contributed by atoms with E-state index in [0.717, 1.165) is 16.7 Å². The minimum Gasteiger partial charge on any atom is -0.620 e. The zero-order valence-corrected chi connectivity index (χ0v) is 20.5. The molecule has 152 valence electrons. The van der Waals surface area contributed by atoms with Gasteiger partial charge in [0.2, 0.25) is 0 Å². The van der Waals surface area contributed by atoms with Gasteiger partial charge in [-0.15, -0.1) is 14.8 Å². The van der Waals surface area contributed by atoms with Crippen molar-refractivity contribution in [3.63, 3.8) is 0 Å². The van der Waals surface area contributed by atoms with Crippen molar-refractivity contribution in [2.45, 2.75) is 6.92 Å². The number of nitrogens with zero attached hydrogens (tertiary/aromatic N) is 5. The Hall–Kier alpha value is -3.70. The number of aromatic nitrogens is 4. The molecule has 32 heavy (non-hydrogen) atoms. The van der Waals surface area contributed by atoms with Crippen molar-refractivity contribution < 1.29 is 24.3 Å². The van der Waals surface area contributed by atoms with Gasteiger partial charge in [-0.1, -0.05) is 90.1 Å². The molecule has 1 amide bonds. The number of carbonyl (C=O) groups is 1. The van der Waals surface area contributed by atoms with Crippen molar-refractivity contribution in [1.82, 2.24) is 19.8 Å². The first-order valence-corrected chi connectivity index (χ1v) is 9.87. The second-order valence-corrected chi connectivity index (χ2v) is 7.21. The van der Waals surface area contributed by atoms with Gasteiger partial charge < -0.3 is 10.1 Å². The van der Waals surface area contributed by atoms with Crippen LogP contribution in [0.25, 0.3) is 33.3 Å². The Morgan fingerprint density at radius 3 is 2.19 bits per heavy atom. The monoisotopic (exact) mass is 468 g/mol. The molecule has 0 saturated heterocycles. The molecule has 0 bridgehead atoms. The van der Waals surface area contributed by atoms with E-state index in [1.165, 1.54) is 16.5 Å². The maximum atomic E-state index is 12.9. The van der Waals surface area contributed by atoms with Gasteiger partial charge in [0.05, 0.1) is 11.6 Å². The molecule has 0 radical (unpaired) electrons. The van der Waals surface area contributed by atoms with Crippen molar-refractivity contribution in [3.05, 3.63) is 108 Å². The third-order valence-corrected chi connectivity index (χ3v) is 5.04. The molecule has 3 aromatic carbocycles. The molecule has 0 spiro atoms. The molecule has 7 heteroatoms. The zero-order valence-electron chi connectivity index (χ0n) is 17.5. The Labute approximate surface area is 198 Å². The smallest absolute Gasteiger partial charge is 0.161 e. The molecule has 0 aliphatic heterocycles. The molecule has 6 nitrogen and oxygen atoms in total. The van der Waals surface area contributed by atoms with Gasteiger partial charge in [-0.05, 0) is 29.7 Å². The van der Waals surface area contributed by atoms with Gasteiger partial charge in [0.25, 0.3) is 0 Å². The second kappa shape index (κ2) is 9.20. The minimum atomic E-state index is -0.342. The molecular weight excluding hydrogens is 452 g/mol. The van der Waals surface area contributed by atoms with E-state index >= 15 is 0 Å². The van der Waals surface area contributed by atoms with Crippen molar-refractivity contribution in [3.8, 4) is 22.4 Å². The van der Waals surface area contributed by atoms with E-state index in [1.54, 1.807) is 18.2 Å². The fourth-order valence-electron chi connectivity index (χ4n) is 3.36. The summed E-state index contributed by atoms with van der Waals surface area (Å²) in [5.74, 6) is -0.342. The standard InChI is InChI=1S/C25H19N5O.Zn/c1-17-7-9-18(10-8-17)19-11-13-21(14-12-19)25(31)28-23-15-22(20-5-3-2-4-6-20)29-30-24(23)26-16-27-30;/h2-16H,1H3,(H,28,29,31);/p-1. The van der Waals surface area contributed by atoms with Crippen molar-refractivity contribution in [1.29, 1.82) is 0 Å². The quantitative estimate of drug-likeness (QED) is 0.321. The van der Waals surface area contributed by atoms with Crippen LogP contribution in [0.4, 0.5) is 5.69 Å². The van der Waals surface area contributed by atoms with Gasteiger partial charge in [-0.25, -0.2) is 4.98 Å². The minimum absolute atomic E-state index is 0. The summed E-state index contributed by atoms with van der Waals surface area (Å²) in [4.78, 5) is 17.1. The fourth-order valence-corrected chi connectivity index (χ4v) is 3.36. The van der Waals surface area contributed by atoms with Gasteiger partial charge in [-0.3, -0.25) is 0 Å². The summed E-state index contributed by atoms with van der Waals surface area (Å²) in [5, 5.41) is 12.9. The fraction of sp³-hybridized carbons (Fsp3) is 0.0400. The molecule has 0 saturated carbocycles. The number of amides is 1. The summed E-state index contributed by atoms with van der Waals surface area (Å²) in [7, 11) is 0. The van der Waals surface area contributed by atoms with Gasteiger partial charge in [0.1, 0.15) is 6.33 Å². The van der Waals surface area contributed by atoms with Crippen LogP contribution in [0.15, 0.2) is 91.3 Å². The molecule has 0 atom stereocenters. The normalized spacial score (nSPS) is 10.5. The third-order valence-electron chi connectivity index (χ3n) is 5.04. The zero-order chi connectivity index (χ0) is 21.2. The van der Waals surface area contributed by atoms with Crippen LogP contribution in [-0.2, 0) is 19.5 Å². The molecule has 0 unspecified atom stereocenters. The first-order valence-electron chi connectivity index (χ1n) is 9.87. The predicted octanol–water partition coefficient (Wildman–Crippen LogP) is 5.61. The third kappa shape index (κ3) is 4.34. The first kappa shape index (κ1) is 21.5. The Bertz CT molecular complexity index is 1360. The maximum Gasteiger partial charge on any atom is 0.161 e. The predicted molar refractivity (Wildman–Crippen MR) is 120 cm³/mol. The summed E-state index contributed by atoms with van der Waals surface area (Å²) in [6.45, 7) is 2.06. The van der Waals surface area contributed by atoms with E-state index < -0.39 is 0 Å². The molecule has 2 heterocycles. The van der Waals surface area contributed by atoms with Crippen LogP contribution in [0, 0.1) is 6.92 Å². The van der Waals surface area contributed by atoms with E-state index in [2.05, 4.69) is 51.7 Å². The van der Waals surface area contributed by atoms with Crippen molar-refractivity contribution in [2.75, 3.05) is 0 Å². The Balaban J connectivity index is 0.00000245. The summed E-state index contributed by atoms with van der Waals surface area (Å²) >= 11 is 0. The maximum absolute atomic E-state index is 12.9. The molecule has 5 rings (SSSR count). The topological polar surface area (TPSA) is 74.2 Å². The van der Waals surface area contributed by atoms with Crippen molar-refractivity contribution in [2.24, 2.45) is 0 Å². The number of benzene rings is 3. The van der Waals surface area contributed by atoms with Crippen LogP contribution in [-0.4, -0.2) is 25.7 Å². The van der Waals surface area contributed by atoms with E-state index in [-0.39, 0.29) is 25.4 Å². The second-order valence-electron chi connectivity index (χ2n) is 7.21. The van der Waals surface area contributed by atoms with Crippen molar-refractivity contribution >= 4 is 17.2 Å². The summed E-state index contributed by atoms with van der Waals surface area (Å²) < 4.78 is 1.40. The van der Waals surface area contributed by atoms with Crippen LogP contribution in [0.1, 0.15) is 15.9 Å². The number of carbonyl (C=O) groups excluding carboxylic acids is 1.